The molecule has 0 unspecified atom stereocenters. The molecule has 0 fully saturated rings. The van der Waals surface area contributed by atoms with E-state index in [4.69, 9.17) is 46.4 Å². The molecule has 2 nitrogen and oxygen atoms in total. The van der Waals surface area contributed by atoms with E-state index in [1.165, 1.54) is 41.7 Å². The van der Waals surface area contributed by atoms with Crippen LogP contribution in [0.4, 0.5) is 14.5 Å². The summed E-state index contributed by atoms with van der Waals surface area (Å²) in [6.45, 7) is 0. The zero-order valence-corrected chi connectivity index (χ0v) is 19.8. The molecule has 10 heteroatoms. The molecule has 4 aromatic rings. The Bertz CT molecular complexity index is 1330. The number of hydrogen-bond acceptors (Lipinski definition) is 2. The summed E-state index contributed by atoms with van der Waals surface area (Å²) in [7, 11) is 0. The van der Waals surface area contributed by atoms with Gasteiger partial charge in [0.2, 0.25) is 0 Å². The van der Waals surface area contributed by atoms with Crippen LogP contribution in [0.15, 0.2) is 65.0 Å². The van der Waals surface area contributed by atoms with Gasteiger partial charge in [-0.3, -0.25) is 4.57 Å². The fourth-order valence-electron chi connectivity index (χ4n) is 2.81. The van der Waals surface area contributed by atoms with Gasteiger partial charge in [0.05, 0.1) is 32.1 Å². The minimum atomic E-state index is -0.530. The molecule has 160 valence electrons. The Labute approximate surface area is 206 Å². The van der Waals surface area contributed by atoms with Gasteiger partial charge in [0, 0.05) is 16.0 Å². The smallest absolute Gasteiger partial charge is 0.195 e. The van der Waals surface area contributed by atoms with Crippen molar-refractivity contribution >= 4 is 63.4 Å². The Morgan fingerprint density at radius 1 is 0.774 bits per heavy atom. The average molecular weight is 538 g/mol. The van der Waals surface area contributed by atoms with Gasteiger partial charge in [-0.25, -0.2) is 13.8 Å². The lowest BCUT2D eigenvalue weighted by atomic mass is 10.1. The first kappa shape index (κ1) is 24.1. The highest BCUT2D eigenvalue weighted by atomic mass is 35.5. The lowest BCUT2D eigenvalue weighted by Crippen LogP contribution is -3.00. The summed E-state index contributed by atoms with van der Waals surface area (Å²) < 4.78 is 29.0. The molecule has 3 aromatic carbocycles. The summed E-state index contributed by atoms with van der Waals surface area (Å²) in [4.78, 5) is 5.14. The number of rotatable bonds is 3. The normalized spacial score (nSPS) is 11.5. The summed E-state index contributed by atoms with van der Waals surface area (Å²) in [5.74, 6) is -1.05. The van der Waals surface area contributed by atoms with Crippen molar-refractivity contribution in [3.63, 3.8) is 0 Å². The van der Waals surface area contributed by atoms with Gasteiger partial charge < -0.3 is 12.4 Å². The van der Waals surface area contributed by atoms with Crippen LogP contribution in [0.5, 0.6) is 0 Å². The Morgan fingerprint density at radius 3 is 2.10 bits per heavy atom. The minimum absolute atomic E-state index is 0. The largest absolute Gasteiger partial charge is 1.00 e. The van der Waals surface area contributed by atoms with Gasteiger partial charge >= 0.3 is 0 Å². The maximum atomic E-state index is 13.7. The van der Waals surface area contributed by atoms with Gasteiger partial charge in [-0.2, -0.15) is 0 Å². The second-order valence-corrected chi connectivity index (χ2v) is 8.67. The Kier molecular flexibility index (Phi) is 7.68. The third-order valence-electron chi connectivity index (χ3n) is 4.20. The molecule has 0 bridgehead atoms. The van der Waals surface area contributed by atoms with Gasteiger partial charge in [0.25, 0.3) is 0 Å². The van der Waals surface area contributed by atoms with Crippen molar-refractivity contribution in [2.45, 2.75) is 0 Å². The van der Waals surface area contributed by atoms with Crippen LogP contribution in [-0.4, -0.2) is 4.57 Å². The highest BCUT2D eigenvalue weighted by Gasteiger charge is 2.15. The van der Waals surface area contributed by atoms with Gasteiger partial charge in [0.1, 0.15) is 11.6 Å². The molecular formula is C21H10Cl5F2N2S-. The quantitative estimate of drug-likeness (QED) is 0.336. The van der Waals surface area contributed by atoms with Crippen molar-refractivity contribution in [2.75, 3.05) is 0 Å². The number of aromatic nitrogens is 1. The van der Waals surface area contributed by atoms with Crippen molar-refractivity contribution in [2.24, 2.45) is 4.99 Å². The highest BCUT2D eigenvalue weighted by Crippen LogP contribution is 2.31. The molecule has 0 saturated carbocycles. The van der Waals surface area contributed by atoms with E-state index < -0.39 is 11.6 Å². The SMILES string of the molecule is Fc1ccc(N=c2scc(-c3ccc(F)c(Cl)c3)n2-c2ccc(Cl)cc2Cl)cc1Cl.[Cl-]. The first-order chi connectivity index (χ1) is 14.3. The van der Waals surface area contributed by atoms with E-state index in [9.17, 15) is 8.78 Å². The first-order valence-corrected chi connectivity index (χ1v) is 10.8. The minimum Gasteiger partial charge on any atom is -1.00 e. The topological polar surface area (TPSA) is 17.3 Å². The summed E-state index contributed by atoms with van der Waals surface area (Å²) >= 11 is 25.7. The van der Waals surface area contributed by atoms with Crippen LogP contribution in [0.2, 0.25) is 20.1 Å². The molecule has 0 aliphatic rings. The van der Waals surface area contributed by atoms with E-state index in [1.54, 1.807) is 28.8 Å². The number of halogens is 7. The predicted molar refractivity (Wildman–Crippen MR) is 121 cm³/mol. The molecular weight excluding hydrogens is 528 g/mol. The Hall–Kier alpha value is -1.60. The van der Waals surface area contributed by atoms with E-state index in [-0.39, 0.29) is 22.5 Å². The maximum absolute atomic E-state index is 13.7. The van der Waals surface area contributed by atoms with Crippen LogP contribution < -0.4 is 17.2 Å². The highest BCUT2D eigenvalue weighted by molar-refractivity contribution is 7.07. The molecule has 4 rings (SSSR count). The van der Waals surface area contributed by atoms with Crippen molar-refractivity contribution in [3.05, 3.63) is 96.5 Å². The molecule has 0 radical (unpaired) electrons. The van der Waals surface area contributed by atoms with Crippen molar-refractivity contribution in [1.82, 2.24) is 4.57 Å². The monoisotopic (exact) mass is 535 g/mol. The standard InChI is InChI=1S/C21H10Cl4F2N2S.ClH/c22-12-2-6-19(16(25)8-12)29-20(11-1-4-17(26)14(23)7-11)10-30-21(29)28-13-3-5-18(27)15(24)9-13;/h1-10H;1H/p-1. The second kappa shape index (κ2) is 9.90. The lowest BCUT2D eigenvalue weighted by molar-refractivity contribution is -0.00000667. The molecule has 0 atom stereocenters. The van der Waals surface area contributed by atoms with E-state index in [0.29, 0.717) is 37.5 Å². The molecule has 1 heterocycles. The van der Waals surface area contributed by atoms with E-state index >= 15 is 0 Å². The zero-order chi connectivity index (χ0) is 21.4. The van der Waals surface area contributed by atoms with Crippen LogP contribution in [0.1, 0.15) is 0 Å². The Morgan fingerprint density at radius 2 is 1.45 bits per heavy atom. The van der Waals surface area contributed by atoms with Crippen LogP contribution >= 0.6 is 57.7 Å². The number of hydrogen-bond donors (Lipinski definition) is 0. The van der Waals surface area contributed by atoms with E-state index in [1.807, 2.05) is 5.38 Å². The van der Waals surface area contributed by atoms with Gasteiger partial charge in [0.15, 0.2) is 4.80 Å². The van der Waals surface area contributed by atoms with Crippen molar-refractivity contribution in [3.8, 4) is 16.9 Å². The molecule has 0 spiro atoms. The second-order valence-electron chi connectivity index (χ2n) is 6.17. The molecule has 0 amide bonds. The molecule has 31 heavy (non-hydrogen) atoms. The van der Waals surface area contributed by atoms with Crippen LogP contribution in [0.25, 0.3) is 16.9 Å². The summed E-state index contributed by atoms with van der Waals surface area (Å²) in [6, 6.07) is 13.7. The van der Waals surface area contributed by atoms with Gasteiger partial charge in [-0.05, 0) is 54.6 Å². The predicted octanol–water partition coefficient (Wildman–Crippen LogP) is 5.33. The summed E-state index contributed by atoms with van der Waals surface area (Å²) in [5.41, 5.74) is 2.44. The van der Waals surface area contributed by atoms with Crippen molar-refractivity contribution < 1.29 is 21.2 Å². The fourth-order valence-corrected chi connectivity index (χ4v) is 4.57. The molecule has 0 aliphatic heterocycles. The van der Waals surface area contributed by atoms with E-state index in [2.05, 4.69) is 4.99 Å². The average Bonchev–Trinajstić information content (AvgIpc) is 3.10. The number of thiazole rings is 1. The lowest BCUT2D eigenvalue weighted by Gasteiger charge is -2.12. The van der Waals surface area contributed by atoms with Gasteiger partial charge in [-0.1, -0.05) is 46.4 Å². The molecule has 0 N–H and O–H groups in total. The summed E-state index contributed by atoms with van der Waals surface area (Å²) in [6.07, 6.45) is 0. The molecule has 1 aromatic heterocycles. The third-order valence-corrected chi connectivity index (χ3v) is 6.14. The van der Waals surface area contributed by atoms with Crippen LogP contribution in [0.3, 0.4) is 0 Å². The maximum Gasteiger partial charge on any atom is 0.195 e. The molecule has 0 saturated heterocycles. The van der Waals surface area contributed by atoms with Crippen molar-refractivity contribution in [1.29, 1.82) is 0 Å². The van der Waals surface area contributed by atoms with Crippen LogP contribution in [0, 0.1) is 11.6 Å². The summed E-state index contributed by atoms with van der Waals surface area (Å²) in [5, 5.41) is 2.69. The molecule has 0 aliphatic carbocycles. The fraction of sp³-hybridized carbons (Fsp3) is 0. The third kappa shape index (κ3) is 5.08. The van der Waals surface area contributed by atoms with Crippen LogP contribution in [-0.2, 0) is 0 Å². The van der Waals surface area contributed by atoms with Gasteiger partial charge in [-0.15, -0.1) is 11.3 Å². The number of nitrogens with zero attached hydrogens (tertiary/aromatic N) is 2. The first-order valence-electron chi connectivity index (χ1n) is 8.44. The number of benzene rings is 3. The van der Waals surface area contributed by atoms with E-state index in [0.717, 1.165) is 0 Å². The Balaban J connectivity index is 0.00000272. The zero-order valence-electron chi connectivity index (χ0n) is 15.2.